The highest BCUT2D eigenvalue weighted by molar-refractivity contribution is 6.03. The smallest absolute Gasteiger partial charge is 0.282 e. The number of halogens is 1. The lowest BCUT2D eigenvalue weighted by atomic mass is 10.1. The van der Waals surface area contributed by atoms with E-state index in [2.05, 4.69) is 10.6 Å². The van der Waals surface area contributed by atoms with Crippen molar-refractivity contribution in [1.82, 2.24) is 5.32 Å². The maximum absolute atomic E-state index is 13.0. The molecule has 5 nitrogen and oxygen atoms in total. The molecule has 0 spiro atoms. The molecule has 2 amide bonds. The van der Waals surface area contributed by atoms with Gasteiger partial charge in [-0.25, -0.2) is 4.39 Å². The highest BCUT2D eigenvalue weighted by Gasteiger charge is 2.26. The summed E-state index contributed by atoms with van der Waals surface area (Å²) in [5.41, 5.74) is 1.59. The Bertz CT molecular complexity index is 1020. The first-order chi connectivity index (χ1) is 14.5. The Labute approximate surface area is 175 Å². The van der Waals surface area contributed by atoms with Crippen molar-refractivity contribution in [1.29, 1.82) is 0 Å². The lowest BCUT2D eigenvalue weighted by Gasteiger charge is -2.23. The summed E-state index contributed by atoms with van der Waals surface area (Å²) in [6, 6.07) is 19.3. The molecule has 0 aliphatic heterocycles. The number of carbonyl (C=O) groups excluding carboxylic acids is 2. The summed E-state index contributed by atoms with van der Waals surface area (Å²) >= 11 is 0. The number of anilines is 1. The van der Waals surface area contributed by atoms with Crippen molar-refractivity contribution >= 4 is 28.3 Å². The van der Waals surface area contributed by atoms with Crippen LogP contribution < -0.4 is 15.5 Å². The third kappa shape index (κ3) is 5.42. The Kier molecular flexibility index (Phi) is 7.14. The van der Waals surface area contributed by atoms with E-state index in [9.17, 15) is 14.0 Å². The molecule has 0 saturated carbocycles. The fraction of sp³-hybridized carbons (Fsp3) is 0.250. The Morgan fingerprint density at radius 1 is 1.00 bits per heavy atom. The molecule has 1 unspecified atom stereocenters. The largest absolute Gasteiger partial charge is 0.347 e. The molecule has 0 heterocycles. The SMILES string of the molecule is CC[NH+](CC(=O)NCc1ccc(F)cc1)[C@@H](C)C(=O)Nc1cccc2ccccc12. The van der Waals surface area contributed by atoms with Gasteiger partial charge in [0.05, 0.1) is 6.54 Å². The minimum atomic E-state index is -0.398. The van der Waals surface area contributed by atoms with Gasteiger partial charge in [-0.15, -0.1) is 0 Å². The zero-order valence-corrected chi connectivity index (χ0v) is 17.2. The number of hydrogen-bond acceptors (Lipinski definition) is 2. The van der Waals surface area contributed by atoms with E-state index in [4.69, 9.17) is 0 Å². The van der Waals surface area contributed by atoms with Gasteiger partial charge in [0.25, 0.3) is 11.8 Å². The van der Waals surface area contributed by atoms with Crippen molar-refractivity contribution < 1.29 is 18.9 Å². The molecule has 0 radical (unpaired) electrons. The van der Waals surface area contributed by atoms with Crippen molar-refractivity contribution in [3.63, 3.8) is 0 Å². The van der Waals surface area contributed by atoms with Crippen LogP contribution in [0, 0.1) is 5.82 Å². The van der Waals surface area contributed by atoms with Gasteiger partial charge < -0.3 is 15.5 Å². The zero-order chi connectivity index (χ0) is 21.5. The van der Waals surface area contributed by atoms with Gasteiger partial charge in [0.15, 0.2) is 12.6 Å². The van der Waals surface area contributed by atoms with Crippen molar-refractivity contribution in [2.45, 2.75) is 26.4 Å². The lowest BCUT2D eigenvalue weighted by Crippen LogP contribution is -3.17. The number of nitrogens with one attached hydrogen (secondary N) is 3. The van der Waals surface area contributed by atoms with Crippen LogP contribution in [0.4, 0.5) is 10.1 Å². The quantitative estimate of drug-likeness (QED) is 0.536. The van der Waals surface area contributed by atoms with Crippen LogP contribution >= 0.6 is 0 Å². The monoisotopic (exact) mass is 408 g/mol. The van der Waals surface area contributed by atoms with Gasteiger partial charge in [0, 0.05) is 17.6 Å². The van der Waals surface area contributed by atoms with E-state index in [0.717, 1.165) is 26.9 Å². The first-order valence-corrected chi connectivity index (χ1v) is 10.1. The van der Waals surface area contributed by atoms with Crippen LogP contribution in [0.5, 0.6) is 0 Å². The van der Waals surface area contributed by atoms with E-state index >= 15 is 0 Å². The molecular formula is C24H27FN3O2+. The van der Waals surface area contributed by atoms with Gasteiger partial charge in [-0.1, -0.05) is 48.5 Å². The molecule has 0 aliphatic carbocycles. The Balaban J connectivity index is 1.58. The number of rotatable bonds is 8. The highest BCUT2D eigenvalue weighted by Crippen LogP contribution is 2.22. The van der Waals surface area contributed by atoms with E-state index in [1.54, 1.807) is 12.1 Å². The molecule has 0 aliphatic rings. The summed E-state index contributed by atoms with van der Waals surface area (Å²) in [4.78, 5) is 26.1. The molecule has 3 N–H and O–H groups in total. The average Bonchev–Trinajstić information content (AvgIpc) is 2.77. The van der Waals surface area contributed by atoms with Gasteiger partial charge in [-0.05, 0) is 43.0 Å². The van der Waals surface area contributed by atoms with Crippen LogP contribution in [0.25, 0.3) is 10.8 Å². The average molecular weight is 408 g/mol. The highest BCUT2D eigenvalue weighted by atomic mass is 19.1. The van der Waals surface area contributed by atoms with Crippen molar-refractivity contribution in [3.05, 3.63) is 78.1 Å². The first kappa shape index (κ1) is 21.5. The second-order valence-electron chi connectivity index (χ2n) is 7.33. The summed E-state index contributed by atoms with van der Waals surface area (Å²) in [7, 11) is 0. The maximum atomic E-state index is 13.0. The molecule has 2 atom stereocenters. The van der Waals surface area contributed by atoms with Crippen LogP contribution in [0.3, 0.4) is 0 Å². The number of fused-ring (bicyclic) bond motifs is 1. The summed E-state index contributed by atoms with van der Waals surface area (Å²) < 4.78 is 13.0. The number of benzene rings is 3. The second kappa shape index (κ2) is 9.98. The molecule has 30 heavy (non-hydrogen) atoms. The molecule has 0 fully saturated rings. The van der Waals surface area contributed by atoms with Crippen molar-refractivity contribution in [3.8, 4) is 0 Å². The minimum Gasteiger partial charge on any atom is -0.347 e. The van der Waals surface area contributed by atoms with Gasteiger partial charge in [-0.2, -0.15) is 0 Å². The summed E-state index contributed by atoms with van der Waals surface area (Å²) in [6.45, 7) is 4.92. The van der Waals surface area contributed by atoms with Gasteiger partial charge in [-0.3, -0.25) is 9.59 Å². The molecule has 0 aromatic heterocycles. The van der Waals surface area contributed by atoms with Crippen LogP contribution in [0.1, 0.15) is 19.4 Å². The van der Waals surface area contributed by atoms with Crippen LogP contribution in [-0.2, 0) is 16.1 Å². The normalized spacial score (nSPS) is 12.9. The zero-order valence-electron chi connectivity index (χ0n) is 17.2. The lowest BCUT2D eigenvalue weighted by molar-refractivity contribution is -0.904. The first-order valence-electron chi connectivity index (χ1n) is 10.1. The predicted molar refractivity (Wildman–Crippen MR) is 117 cm³/mol. The molecule has 3 aromatic carbocycles. The topological polar surface area (TPSA) is 62.6 Å². The predicted octanol–water partition coefficient (Wildman–Crippen LogP) is 2.53. The molecule has 6 heteroatoms. The number of quaternary nitrogens is 1. The van der Waals surface area contributed by atoms with E-state index in [1.165, 1.54) is 12.1 Å². The van der Waals surface area contributed by atoms with Gasteiger partial charge >= 0.3 is 0 Å². The molecular weight excluding hydrogens is 381 g/mol. The van der Waals surface area contributed by atoms with Gasteiger partial charge in [0.2, 0.25) is 0 Å². The number of hydrogen-bond donors (Lipinski definition) is 3. The fourth-order valence-corrected chi connectivity index (χ4v) is 3.42. The molecule has 3 aromatic rings. The Morgan fingerprint density at radius 2 is 1.70 bits per heavy atom. The van der Waals surface area contributed by atoms with E-state index in [-0.39, 0.29) is 24.2 Å². The minimum absolute atomic E-state index is 0.130. The van der Waals surface area contributed by atoms with E-state index in [1.807, 2.05) is 56.3 Å². The Hall–Kier alpha value is -3.25. The van der Waals surface area contributed by atoms with Crippen LogP contribution in [-0.4, -0.2) is 30.9 Å². The molecule has 3 rings (SSSR count). The fourth-order valence-electron chi connectivity index (χ4n) is 3.42. The van der Waals surface area contributed by atoms with Crippen LogP contribution in [0.15, 0.2) is 66.7 Å². The van der Waals surface area contributed by atoms with E-state index < -0.39 is 6.04 Å². The number of carbonyl (C=O) groups is 2. The third-order valence-electron chi connectivity index (χ3n) is 5.30. The molecule has 0 saturated heterocycles. The van der Waals surface area contributed by atoms with E-state index in [0.29, 0.717) is 13.1 Å². The number of amides is 2. The standard InChI is InChI=1S/C24H26FN3O2/c1-3-28(16-23(29)26-15-18-11-13-20(25)14-12-18)17(2)24(30)27-22-10-6-8-19-7-4-5-9-21(19)22/h4-14,17H,3,15-16H2,1-2H3,(H,26,29)(H,27,30)/p+1/t17-/m0/s1. The summed E-state index contributed by atoms with van der Waals surface area (Å²) in [6.07, 6.45) is 0. The second-order valence-corrected chi connectivity index (χ2v) is 7.33. The maximum Gasteiger partial charge on any atom is 0.282 e. The summed E-state index contributed by atoms with van der Waals surface area (Å²) in [5.74, 6) is -0.590. The third-order valence-corrected chi connectivity index (χ3v) is 5.30. The van der Waals surface area contributed by atoms with Crippen LogP contribution in [0.2, 0.25) is 0 Å². The Morgan fingerprint density at radius 3 is 2.43 bits per heavy atom. The van der Waals surface area contributed by atoms with Crippen molar-refractivity contribution in [2.24, 2.45) is 0 Å². The molecule has 0 bridgehead atoms. The van der Waals surface area contributed by atoms with Crippen molar-refractivity contribution in [2.75, 3.05) is 18.4 Å². The van der Waals surface area contributed by atoms with Gasteiger partial charge in [0.1, 0.15) is 5.82 Å². The summed E-state index contributed by atoms with van der Waals surface area (Å²) in [5, 5.41) is 7.89. The molecule has 156 valence electrons. The number of likely N-dealkylation sites (N-methyl/N-ethyl adjacent to an activating group) is 1.